The van der Waals surface area contributed by atoms with E-state index in [1.807, 2.05) is 23.5 Å². The molecule has 2 aromatic rings. The zero-order chi connectivity index (χ0) is 46.3. The molecule has 0 aliphatic carbocycles. The van der Waals surface area contributed by atoms with E-state index in [-0.39, 0.29) is 50.7 Å². The molecule has 1 saturated heterocycles. The quantitative estimate of drug-likeness (QED) is 0.0273. The SMILES string of the molecule is CC(C)[C@H](N)C(=O)N[C@@H](Cc1c[nH]c2ccccc12)C(=O)N1CCC[C@H]1C(=O)N[C@@H](CC(=O)O)C(=O)N[C@@H](CC(=O)O)C(=O)N[C@@H](CCCN=C(N)N)C(=O)N[C@@H](CO)C(=O)O. The molecule has 3 rings (SSSR count). The zero-order valence-corrected chi connectivity index (χ0v) is 34.2. The summed E-state index contributed by atoms with van der Waals surface area (Å²) in [5, 5.41) is 50.1. The van der Waals surface area contributed by atoms with Crippen molar-refractivity contribution in [3.63, 3.8) is 0 Å². The van der Waals surface area contributed by atoms with Crippen molar-refractivity contribution < 1.29 is 63.6 Å². The fourth-order valence-electron chi connectivity index (χ4n) is 6.60. The number of aliphatic hydroxyl groups is 1. The van der Waals surface area contributed by atoms with Gasteiger partial charge < -0.3 is 74.1 Å². The van der Waals surface area contributed by atoms with Crippen molar-refractivity contribution in [2.24, 2.45) is 28.1 Å². The van der Waals surface area contributed by atoms with Crippen molar-refractivity contribution in [2.75, 3.05) is 19.7 Å². The molecule has 0 bridgehead atoms. The second-order valence-corrected chi connectivity index (χ2v) is 15.0. The number of para-hydroxylation sites is 1. The third-order valence-electron chi connectivity index (χ3n) is 9.97. The molecule has 24 heteroatoms. The molecule has 0 spiro atoms. The largest absolute Gasteiger partial charge is 0.481 e. The summed E-state index contributed by atoms with van der Waals surface area (Å²) in [6.07, 6.45) is -0.294. The number of likely N-dealkylation sites (tertiary alicyclic amines) is 1. The van der Waals surface area contributed by atoms with Crippen LogP contribution in [0.25, 0.3) is 10.9 Å². The highest BCUT2D eigenvalue weighted by Gasteiger charge is 2.40. The lowest BCUT2D eigenvalue weighted by molar-refractivity contribution is -0.145. The van der Waals surface area contributed by atoms with Crippen LogP contribution in [0.1, 0.15) is 57.9 Å². The number of rotatable bonds is 24. The predicted octanol–water partition coefficient (Wildman–Crippen LogP) is -3.81. The molecule has 340 valence electrons. The van der Waals surface area contributed by atoms with E-state index in [1.165, 1.54) is 4.90 Å². The van der Waals surface area contributed by atoms with E-state index >= 15 is 0 Å². The van der Waals surface area contributed by atoms with Gasteiger partial charge in [0.1, 0.15) is 36.3 Å². The van der Waals surface area contributed by atoms with Crippen LogP contribution in [0.2, 0.25) is 0 Å². The van der Waals surface area contributed by atoms with Gasteiger partial charge in [-0.2, -0.15) is 0 Å². The van der Waals surface area contributed by atoms with Crippen LogP contribution in [0.15, 0.2) is 35.5 Å². The van der Waals surface area contributed by atoms with Gasteiger partial charge in [0.25, 0.3) is 0 Å². The number of nitrogens with zero attached hydrogens (tertiary/aromatic N) is 2. The van der Waals surface area contributed by atoms with Gasteiger partial charge in [-0.25, -0.2) is 4.79 Å². The lowest BCUT2D eigenvalue weighted by Crippen LogP contribution is -2.60. The summed E-state index contributed by atoms with van der Waals surface area (Å²) in [5.41, 5.74) is 18.2. The number of aliphatic hydroxyl groups excluding tert-OH is 1. The lowest BCUT2D eigenvalue weighted by atomic mass is 10.0. The molecule has 1 fully saturated rings. The van der Waals surface area contributed by atoms with Crippen LogP contribution in [0.5, 0.6) is 0 Å². The van der Waals surface area contributed by atoms with Crippen LogP contribution < -0.4 is 43.8 Å². The number of nitrogens with two attached hydrogens (primary N) is 3. The number of aromatic amines is 1. The summed E-state index contributed by atoms with van der Waals surface area (Å²) in [6, 6.07) is -3.41. The van der Waals surface area contributed by atoms with E-state index in [4.69, 9.17) is 17.2 Å². The first kappa shape index (κ1) is 49.5. The number of aliphatic imine (C=N–C) groups is 1. The molecular formula is C38H55N11O13. The lowest BCUT2D eigenvalue weighted by Gasteiger charge is -2.30. The number of guanidine groups is 1. The van der Waals surface area contributed by atoms with Gasteiger partial charge >= 0.3 is 17.9 Å². The van der Waals surface area contributed by atoms with Crippen molar-refractivity contribution in [2.45, 2.75) is 101 Å². The summed E-state index contributed by atoms with van der Waals surface area (Å²) in [5.74, 6) is -11.3. The number of hydrogen-bond donors (Lipinski definition) is 13. The van der Waals surface area contributed by atoms with E-state index in [0.717, 1.165) is 10.9 Å². The summed E-state index contributed by atoms with van der Waals surface area (Å²) >= 11 is 0. The van der Waals surface area contributed by atoms with Crippen LogP contribution in [-0.2, 0) is 49.6 Å². The van der Waals surface area contributed by atoms with Crippen LogP contribution in [-0.4, -0.2) is 152 Å². The molecule has 1 aromatic carbocycles. The van der Waals surface area contributed by atoms with Gasteiger partial charge in [0.2, 0.25) is 35.4 Å². The second kappa shape index (κ2) is 23.3. The fraction of sp³-hybridized carbons (Fsp3) is 0.526. The number of hydrogen-bond acceptors (Lipinski definition) is 12. The maximum Gasteiger partial charge on any atom is 0.328 e. The maximum absolute atomic E-state index is 14.2. The Balaban J connectivity index is 1.84. The fourth-order valence-corrected chi connectivity index (χ4v) is 6.60. The third-order valence-corrected chi connectivity index (χ3v) is 9.97. The van der Waals surface area contributed by atoms with Crippen LogP contribution in [0, 0.1) is 5.92 Å². The monoisotopic (exact) mass is 873 g/mol. The smallest absolute Gasteiger partial charge is 0.328 e. The summed E-state index contributed by atoms with van der Waals surface area (Å²) in [7, 11) is 0. The van der Waals surface area contributed by atoms with Crippen molar-refractivity contribution >= 4 is 70.2 Å². The van der Waals surface area contributed by atoms with Crippen LogP contribution in [0.4, 0.5) is 0 Å². The standard InChI is InChI=1S/C38H55N11O13/c1-18(2)30(39)35(59)47-25(13-19-16-43-21-8-4-3-7-20(19)21)36(60)49-12-6-10-27(49)34(58)46-24(15-29(53)54)33(57)45-23(14-28(51)52)32(56)44-22(9-5-11-42-38(40)41)31(55)48-26(17-50)37(61)62/h3-4,7-8,16,18,22-27,30,43,50H,5-6,9-15,17,39H2,1-2H3,(H,44,56)(H,45,57)(H,46,58)(H,47,59)(H,48,55)(H,51,52)(H,53,54)(H,61,62)(H4,40,41,42)/t22-,23-,24-,25-,26-,27-,30-/m0/s1. The Morgan fingerprint density at radius 3 is 1.95 bits per heavy atom. The number of fused-ring (bicyclic) bond motifs is 1. The number of nitrogens with one attached hydrogen (secondary N) is 6. The molecule has 24 nitrogen and oxygen atoms in total. The predicted molar refractivity (Wildman–Crippen MR) is 218 cm³/mol. The summed E-state index contributed by atoms with van der Waals surface area (Å²) < 4.78 is 0. The minimum Gasteiger partial charge on any atom is -0.481 e. The summed E-state index contributed by atoms with van der Waals surface area (Å²) in [6.45, 7) is 2.44. The molecule has 62 heavy (non-hydrogen) atoms. The minimum absolute atomic E-state index is 0.00166. The highest BCUT2D eigenvalue weighted by atomic mass is 16.4. The van der Waals surface area contributed by atoms with Gasteiger partial charge in [0.05, 0.1) is 25.5 Å². The molecule has 1 aliphatic rings. The number of aliphatic carboxylic acids is 3. The van der Waals surface area contributed by atoms with Gasteiger partial charge in [-0.15, -0.1) is 0 Å². The molecule has 0 unspecified atom stereocenters. The number of carboxylic acids is 3. The number of benzene rings is 1. The Hall–Kier alpha value is -6.82. The zero-order valence-electron chi connectivity index (χ0n) is 34.2. The first-order valence-corrected chi connectivity index (χ1v) is 19.7. The highest BCUT2D eigenvalue weighted by Crippen LogP contribution is 2.23. The molecule has 2 heterocycles. The number of carbonyl (C=O) groups excluding carboxylic acids is 6. The van der Waals surface area contributed by atoms with Gasteiger partial charge in [-0.05, 0) is 43.2 Å². The topological polar surface area (TPSA) is 404 Å². The maximum atomic E-state index is 14.2. The number of carboxylic acid groups (broad SMARTS) is 3. The van der Waals surface area contributed by atoms with E-state index in [9.17, 15) is 63.6 Å². The first-order valence-electron chi connectivity index (χ1n) is 19.7. The van der Waals surface area contributed by atoms with E-state index in [2.05, 4.69) is 31.2 Å². The normalized spacial score (nSPS) is 16.5. The van der Waals surface area contributed by atoms with Crippen LogP contribution >= 0.6 is 0 Å². The van der Waals surface area contributed by atoms with Crippen molar-refractivity contribution in [3.05, 3.63) is 36.0 Å². The van der Waals surface area contributed by atoms with E-state index in [0.29, 0.717) is 12.0 Å². The molecule has 1 aliphatic heterocycles. The molecule has 0 saturated carbocycles. The second-order valence-electron chi connectivity index (χ2n) is 15.0. The molecular weight excluding hydrogens is 818 g/mol. The van der Waals surface area contributed by atoms with Crippen molar-refractivity contribution in [3.8, 4) is 0 Å². The Morgan fingerprint density at radius 1 is 0.806 bits per heavy atom. The third kappa shape index (κ3) is 14.4. The average Bonchev–Trinajstić information content (AvgIpc) is 3.87. The Morgan fingerprint density at radius 2 is 1.37 bits per heavy atom. The molecule has 0 radical (unpaired) electrons. The van der Waals surface area contributed by atoms with Crippen molar-refractivity contribution in [1.29, 1.82) is 0 Å². The first-order chi connectivity index (χ1) is 29.2. The highest BCUT2D eigenvalue weighted by molar-refractivity contribution is 5.99. The number of H-pyrrole nitrogens is 1. The number of carbonyl (C=O) groups is 9. The number of aromatic nitrogens is 1. The van der Waals surface area contributed by atoms with Gasteiger partial charge in [-0.3, -0.25) is 43.3 Å². The molecule has 7 atom stereocenters. The molecule has 6 amide bonds. The molecule has 16 N–H and O–H groups in total. The molecule has 1 aromatic heterocycles. The van der Waals surface area contributed by atoms with Gasteiger partial charge in [0, 0.05) is 36.6 Å². The number of amides is 6. The van der Waals surface area contributed by atoms with Crippen molar-refractivity contribution in [1.82, 2.24) is 36.5 Å². The summed E-state index contributed by atoms with van der Waals surface area (Å²) in [4.78, 5) is 125. The van der Waals surface area contributed by atoms with E-state index < -0.39 is 115 Å². The van der Waals surface area contributed by atoms with Gasteiger partial charge in [-0.1, -0.05) is 32.0 Å². The Labute approximate surface area is 354 Å². The minimum atomic E-state index is -1.98. The van der Waals surface area contributed by atoms with Gasteiger partial charge in [0.15, 0.2) is 5.96 Å². The Kier molecular flexibility index (Phi) is 18.6. The van der Waals surface area contributed by atoms with Crippen LogP contribution in [0.3, 0.4) is 0 Å². The van der Waals surface area contributed by atoms with E-state index in [1.54, 1.807) is 26.1 Å². The Bertz CT molecular complexity index is 2000. The average molecular weight is 874 g/mol.